The van der Waals surface area contributed by atoms with Crippen LogP contribution in [0.5, 0.6) is 0 Å². The summed E-state index contributed by atoms with van der Waals surface area (Å²) in [6.07, 6.45) is 10.0. The van der Waals surface area contributed by atoms with Crippen LogP contribution in [-0.4, -0.2) is 58.9 Å². The SMILES string of the molecule is O=C(c1ccoc1)N1CCC(C(=O)N(Cc2cccnc2)CC2CCCO2)CC1. The van der Waals surface area contributed by atoms with Crippen LogP contribution >= 0.6 is 0 Å². The number of hydrogen-bond donors (Lipinski definition) is 0. The van der Waals surface area contributed by atoms with Gasteiger partial charge in [-0.25, -0.2) is 0 Å². The number of rotatable bonds is 6. The van der Waals surface area contributed by atoms with Crippen LogP contribution in [0.3, 0.4) is 0 Å². The molecule has 1 atom stereocenters. The van der Waals surface area contributed by atoms with Crippen molar-refractivity contribution in [1.29, 1.82) is 0 Å². The van der Waals surface area contributed by atoms with Gasteiger partial charge in [0, 0.05) is 51.1 Å². The number of ether oxygens (including phenoxy) is 1. The number of likely N-dealkylation sites (tertiary alicyclic amines) is 1. The Morgan fingerprint density at radius 2 is 2.07 bits per heavy atom. The molecule has 2 aromatic rings. The first-order valence-corrected chi connectivity index (χ1v) is 10.3. The zero-order chi connectivity index (χ0) is 20.1. The highest BCUT2D eigenvalue weighted by atomic mass is 16.5. The molecule has 0 radical (unpaired) electrons. The van der Waals surface area contributed by atoms with E-state index in [0.717, 1.165) is 25.0 Å². The molecule has 154 valence electrons. The molecule has 0 N–H and O–H groups in total. The number of hydrogen-bond acceptors (Lipinski definition) is 5. The lowest BCUT2D eigenvalue weighted by molar-refractivity contribution is -0.139. The summed E-state index contributed by atoms with van der Waals surface area (Å²) >= 11 is 0. The monoisotopic (exact) mass is 397 g/mol. The zero-order valence-electron chi connectivity index (χ0n) is 16.5. The van der Waals surface area contributed by atoms with Crippen molar-refractivity contribution in [3.63, 3.8) is 0 Å². The normalized spacial score (nSPS) is 20.0. The van der Waals surface area contributed by atoms with Crippen molar-refractivity contribution in [3.05, 3.63) is 54.2 Å². The van der Waals surface area contributed by atoms with Gasteiger partial charge < -0.3 is 19.0 Å². The van der Waals surface area contributed by atoms with Gasteiger partial charge in [-0.05, 0) is 43.4 Å². The molecule has 2 fully saturated rings. The number of amides is 2. The number of furan rings is 1. The maximum absolute atomic E-state index is 13.3. The molecule has 0 saturated carbocycles. The molecule has 4 heterocycles. The lowest BCUT2D eigenvalue weighted by Crippen LogP contribution is -2.46. The van der Waals surface area contributed by atoms with Crippen LogP contribution in [0.25, 0.3) is 0 Å². The van der Waals surface area contributed by atoms with E-state index < -0.39 is 0 Å². The number of carbonyl (C=O) groups is 2. The Hall–Kier alpha value is -2.67. The fraction of sp³-hybridized carbons (Fsp3) is 0.500. The first-order chi connectivity index (χ1) is 14.2. The van der Waals surface area contributed by atoms with Crippen molar-refractivity contribution in [3.8, 4) is 0 Å². The van der Waals surface area contributed by atoms with Gasteiger partial charge in [-0.1, -0.05) is 6.07 Å². The molecule has 1 unspecified atom stereocenters. The van der Waals surface area contributed by atoms with E-state index in [1.54, 1.807) is 17.2 Å². The molecule has 2 aromatic heterocycles. The number of aromatic nitrogens is 1. The van der Waals surface area contributed by atoms with Gasteiger partial charge >= 0.3 is 0 Å². The van der Waals surface area contributed by atoms with E-state index in [9.17, 15) is 9.59 Å². The molecular formula is C22H27N3O4. The summed E-state index contributed by atoms with van der Waals surface area (Å²) in [6, 6.07) is 5.57. The Labute approximate surface area is 170 Å². The summed E-state index contributed by atoms with van der Waals surface area (Å²) in [6.45, 7) is 3.10. The highest BCUT2D eigenvalue weighted by molar-refractivity contribution is 5.94. The Bertz CT molecular complexity index is 795. The van der Waals surface area contributed by atoms with Gasteiger partial charge in [0.15, 0.2) is 0 Å². The predicted octanol–water partition coefficient (Wildman–Crippen LogP) is 2.73. The van der Waals surface area contributed by atoms with Gasteiger partial charge in [0.1, 0.15) is 6.26 Å². The third kappa shape index (κ3) is 4.85. The minimum absolute atomic E-state index is 0.0313. The summed E-state index contributed by atoms with van der Waals surface area (Å²) in [5.74, 6) is 0.0532. The topological polar surface area (TPSA) is 75.9 Å². The Kier molecular flexibility index (Phi) is 6.24. The number of carbonyl (C=O) groups excluding carboxylic acids is 2. The molecule has 2 aliphatic heterocycles. The summed E-state index contributed by atoms with van der Waals surface area (Å²) in [7, 11) is 0. The lowest BCUT2D eigenvalue weighted by Gasteiger charge is -2.35. The van der Waals surface area contributed by atoms with Crippen molar-refractivity contribution >= 4 is 11.8 Å². The second-order valence-electron chi connectivity index (χ2n) is 7.79. The van der Waals surface area contributed by atoms with Crippen LogP contribution in [0.15, 0.2) is 47.5 Å². The zero-order valence-corrected chi connectivity index (χ0v) is 16.5. The van der Waals surface area contributed by atoms with Gasteiger partial charge in [-0.15, -0.1) is 0 Å². The van der Waals surface area contributed by atoms with E-state index in [-0.39, 0.29) is 23.8 Å². The molecule has 2 amide bonds. The fourth-order valence-corrected chi connectivity index (χ4v) is 4.14. The highest BCUT2D eigenvalue weighted by Crippen LogP contribution is 2.24. The summed E-state index contributed by atoms with van der Waals surface area (Å²) in [5, 5.41) is 0. The largest absolute Gasteiger partial charge is 0.472 e. The smallest absolute Gasteiger partial charge is 0.257 e. The molecule has 0 bridgehead atoms. The second-order valence-corrected chi connectivity index (χ2v) is 7.79. The summed E-state index contributed by atoms with van der Waals surface area (Å²) < 4.78 is 10.8. The maximum Gasteiger partial charge on any atom is 0.257 e. The van der Waals surface area contributed by atoms with E-state index in [2.05, 4.69) is 4.98 Å². The minimum atomic E-state index is -0.0681. The maximum atomic E-state index is 13.3. The lowest BCUT2D eigenvalue weighted by atomic mass is 9.94. The van der Waals surface area contributed by atoms with Crippen molar-refractivity contribution in [2.75, 3.05) is 26.2 Å². The third-order valence-electron chi connectivity index (χ3n) is 5.76. The molecule has 0 aliphatic carbocycles. The summed E-state index contributed by atoms with van der Waals surface area (Å²) in [5.41, 5.74) is 1.58. The van der Waals surface area contributed by atoms with Crippen LogP contribution in [-0.2, 0) is 16.1 Å². The second kappa shape index (κ2) is 9.22. The minimum Gasteiger partial charge on any atom is -0.472 e. The van der Waals surface area contributed by atoms with Crippen molar-refractivity contribution in [2.24, 2.45) is 5.92 Å². The van der Waals surface area contributed by atoms with E-state index in [4.69, 9.17) is 9.15 Å². The van der Waals surface area contributed by atoms with E-state index in [1.807, 2.05) is 23.2 Å². The average Bonchev–Trinajstić information content (AvgIpc) is 3.47. The van der Waals surface area contributed by atoms with Crippen LogP contribution in [0.4, 0.5) is 0 Å². The molecule has 0 spiro atoms. The van der Waals surface area contributed by atoms with Gasteiger partial charge in [0.05, 0.1) is 17.9 Å². The Morgan fingerprint density at radius 1 is 1.21 bits per heavy atom. The third-order valence-corrected chi connectivity index (χ3v) is 5.76. The molecular weight excluding hydrogens is 370 g/mol. The summed E-state index contributed by atoms with van der Waals surface area (Å²) in [4.78, 5) is 33.7. The molecule has 29 heavy (non-hydrogen) atoms. The molecule has 7 nitrogen and oxygen atoms in total. The van der Waals surface area contributed by atoms with Gasteiger partial charge in [-0.2, -0.15) is 0 Å². The van der Waals surface area contributed by atoms with Crippen molar-refractivity contribution in [2.45, 2.75) is 38.3 Å². The van der Waals surface area contributed by atoms with Gasteiger partial charge in [-0.3, -0.25) is 14.6 Å². The average molecular weight is 397 g/mol. The Balaban J connectivity index is 1.38. The predicted molar refractivity (Wildman–Crippen MR) is 106 cm³/mol. The Morgan fingerprint density at radius 3 is 2.72 bits per heavy atom. The molecule has 0 aromatic carbocycles. The first-order valence-electron chi connectivity index (χ1n) is 10.3. The number of pyridine rings is 1. The molecule has 4 rings (SSSR count). The highest BCUT2D eigenvalue weighted by Gasteiger charge is 2.32. The van der Waals surface area contributed by atoms with Crippen LogP contribution in [0.2, 0.25) is 0 Å². The number of piperidine rings is 1. The fourth-order valence-electron chi connectivity index (χ4n) is 4.14. The van der Waals surface area contributed by atoms with Crippen LogP contribution in [0, 0.1) is 5.92 Å². The molecule has 2 aliphatic rings. The molecule has 7 heteroatoms. The van der Waals surface area contributed by atoms with Crippen molar-refractivity contribution in [1.82, 2.24) is 14.8 Å². The standard InChI is InChI=1S/C22H27N3O4/c26-21(18-5-9-24(10-6-18)22(27)19-7-12-28-16-19)25(15-20-4-2-11-29-20)14-17-3-1-8-23-13-17/h1,3,7-8,12-13,16,18,20H,2,4-6,9-11,14-15H2. The molecule has 2 saturated heterocycles. The van der Waals surface area contributed by atoms with Crippen molar-refractivity contribution < 1.29 is 18.7 Å². The number of nitrogens with zero attached hydrogens (tertiary/aromatic N) is 3. The van der Waals surface area contributed by atoms with Crippen LogP contribution in [0.1, 0.15) is 41.6 Å². The quantitative estimate of drug-likeness (QED) is 0.749. The van der Waals surface area contributed by atoms with Gasteiger partial charge in [0.25, 0.3) is 5.91 Å². The van der Waals surface area contributed by atoms with E-state index in [0.29, 0.717) is 44.6 Å². The van der Waals surface area contributed by atoms with E-state index >= 15 is 0 Å². The first kappa shape index (κ1) is 19.6. The van der Waals surface area contributed by atoms with Gasteiger partial charge in [0.2, 0.25) is 5.91 Å². The van der Waals surface area contributed by atoms with E-state index in [1.165, 1.54) is 12.5 Å². The van der Waals surface area contributed by atoms with Crippen LogP contribution < -0.4 is 0 Å².